The molecule has 2 N–H and O–H groups in total. The fraction of sp³-hybridized carbons (Fsp3) is 0.0400. The quantitative estimate of drug-likeness (QED) is 0.358. The number of benzene rings is 4. The monoisotopic (exact) mass is 404 g/mol. The zero-order valence-corrected chi connectivity index (χ0v) is 16.2. The number of hydrogen-bond acceptors (Lipinski definition) is 2. The summed E-state index contributed by atoms with van der Waals surface area (Å²) in [5, 5.41) is 6.24. The predicted molar refractivity (Wildman–Crippen MR) is 116 cm³/mol. The van der Waals surface area contributed by atoms with Crippen LogP contribution in [-0.4, -0.2) is 0 Å². The van der Waals surface area contributed by atoms with Crippen LogP contribution in [-0.2, 0) is 0 Å². The molecule has 0 bridgehead atoms. The van der Waals surface area contributed by atoms with Crippen molar-refractivity contribution in [2.24, 2.45) is 0 Å². The molecule has 0 unspecified atom stereocenters. The summed E-state index contributed by atoms with van der Waals surface area (Å²) in [5.74, 6) is -2.01. The molecule has 0 radical (unpaired) electrons. The molecule has 0 aliphatic rings. The molecule has 0 saturated carbocycles. The molecule has 0 saturated heterocycles. The Bertz CT molecular complexity index is 1080. The average Bonchev–Trinajstić information content (AvgIpc) is 2.75. The highest BCUT2D eigenvalue weighted by atomic mass is 19.2. The van der Waals surface area contributed by atoms with E-state index in [1.54, 1.807) is 13.0 Å². The second-order valence-corrected chi connectivity index (χ2v) is 7.00. The van der Waals surface area contributed by atoms with Crippen LogP contribution in [0.3, 0.4) is 0 Å². The Morgan fingerprint density at radius 1 is 0.467 bits per heavy atom. The van der Waals surface area contributed by atoms with Crippen molar-refractivity contribution in [2.75, 3.05) is 10.6 Å². The third-order valence-electron chi connectivity index (χ3n) is 4.77. The average molecular weight is 404 g/mol. The second-order valence-electron chi connectivity index (χ2n) is 7.00. The van der Waals surface area contributed by atoms with Crippen LogP contribution in [0.4, 0.5) is 35.9 Å². The van der Waals surface area contributed by atoms with Crippen LogP contribution in [0.15, 0.2) is 84.9 Å². The summed E-state index contributed by atoms with van der Waals surface area (Å²) >= 11 is 0. The van der Waals surface area contributed by atoms with Crippen molar-refractivity contribution < 1.29 is 13.2 Å². The van der Waals surface area contributed by atoms with Crippen molar-refractivity contribution in [2.45, 2.75) is 6.92 Å². The van der Waals surface area contributed by atoms with Gasteiger partial charge in [-0.05, 0) is 72.1 Å². The molecule has 2 nitrogen and oxygen atoms in total. The summed E-state index contributed by atoms with van der Waals surface area (Å²) < 4.78 is 40.1. The molecular weight excluding hydrogens is 385 g/mol. The van der Waals surface area contributed by atoms with E-state index in [4.69, 9.17) is 0 Å². The Morgan fingerprint density at radius 3 is 1.37 bits per heavy atom. The summed E-state index contributed by atoms with van der Waals surface area (Å²) in [6.07, 6.45) is 0. The molecule has 0 fully saturated rings. The lowest BCUT2D eigenvalue weighted by Crippen LogP contribution is -1.93. The standard InChI is InChI=1S/C25H19F3N2/c1-16-2-7-21(14-24(16)27)29-19-8-3-17(4-9-19)18-5-10-20(11-6-18)30-22-12-13-23(26)25(28)15-22/h2-15,29-30H,1H3. The van der Waals surface area contributed by atoms with Gasteiger partial charge in [-0.1, -0.05) is 30.3 Å². The van der Waals surface area contributed by atoms with Crippen molar-refractivity contribution in [1.29, 1.82) is 0 Å². The van der Waals surface area contributed by atoms with Gasteiger partial charge in [-0.25, -0.2) is 13.2 Å². The van der Waals surface area contributed by atoms with Gasteiger partial charge in [0.1, 0.15) is 5.82 Å². The van der Waals surface area contributed by atoms with Gasteiger partial charge in [0.2, 0.25) is 0 Å². The maximum atomic E-state index is 13.7. The molecule has 150 valence electrons. The highest BCUT2D eigenvalue weighted by molar-refractivity contribution is 5.71. The van der Waals surface area contributed by atoms with Crippen LogP contribution in [0.2, 0.25) is 0 Å². The Hall–Kier alpha value is -3.73. The number of aryl methyl sites for hydroxylation is 1. The van der Waals surface area contributed by atoms with Gasteiger partial charge in [-0.15, -0.1) is 0 Å². The number of rotatable bonds is 5. The minimum absolute atomic E-state index is 0.242. The lowest BCUT2D eigenvalue weighted by Gasteiger charge is -2.10. The maximum absolute atomic E-state index is 13.7. The molecule has 4 rings (SSSR count). The van der Waals surface area contributed by atoms with Gasteiger partial charge in [0, 0.05) is 28.8 Å². The molecule has 4 aromatic carbocycles. The Kier molecular flexibility index (Phi) is 5.44. The van der Waals surface area contributed by atoms with Gasteiger partial charge >= 0.3 is 0 Å². The number of halogens is 3. The topological polar surface area (TPSA) is 24.1 Å². The summed E-state index contributed by atoms with van der Waals surface area (Å²) in [6.45, 7) is 1.73. The number of hydrogen-bond donors (Lipinski definition) is 2. The molecule has 4 aromatic rings. The normalized spacial score (nSPS) is 10.7. The van der Waals surface area contributed by atoms with E-state index in [2.05, 4.69) is 10.6 Å². The fourth-order valence-electron chi connectivity index (χ4n) is 3.07. The third-order valence-corrected chi connectivity index (χ3v) is 4.77. The zero-order valence-electron chi connectivity index (χ0n) is 16.2. The highest BCUT2D eigenvalue weighted by Gasteiger charge is 2.04. The minimum Gasteiger partial charge on any atom is -0.355 e. The lowest BCUT2D eigenvalue weighted by atomic mass is 10.0. The molecular formula is C25H19F3N2. The molecule has 0 heterocycles. The molecule has 0 aliphatic carbocycles. The van der Waals surface area contributed by atoms with Crippen molar-refractivity contribution in [3.63, 3.8) is 0 Å². The first-order valence-electron chi connectivity index (χ1n) is 9.44. The van der Waals surface area contributed by atoms with Gasteiger partial charge < -0.3 is 10.6 Å². The predicted octanol–water partition coefficient (Wildman–Crippen LogP) is 7.57. The Balaban J connectivity index is 1.44. The zero-order chi connectivity index (χ0) is 21.1. The van der Waals surface area contributed by atoms with E-state index < -0.39 is 11.6 Å². The van der Waals surface area contributed by atoms with Gasteiger partial charge in [0.25, 0.3) is 0 Å². The highest BCUT2D eigenvalue weighted by Crippen LogP contribution is 2.26. The summed E-state index contributed by atoms with van der Waals surface area (Å²) in [4.78, 5) is 0. The van der Waals surface area contributed by atoms with Gasteiger partial charge in [-0.3, -0.25) is 0 Å². The second kappa shape index (κ2) is 8.33. The molecule has 0 aromatic heterocycles. The lowest BCUT2D eigenvalue weighted by molar-refractivity contribution is 0.509. The van der Waals surface area contributed by atoms with Gasteiger partial charge in [0.15, 0.2) is 11.6 Å². The van der Waals surface area contributed by atoms with E-state index in [0.717, 1.165) is 34.6 Å². The van der Waals surface area contributed by atoms with E-state index in [1.165, 1.54) is 12.1 Å². The van der Waals surface area contributed by atoms with Crippen molar-refractivity contribution in [3.8, 4) is 11.1 Å². The van der Waals surface area contributed by atoms with Crippen LogP contribution in [0, 0.1) is 24.4 Å². The van der Waals surface area contributed by atoms with E-state index >= 15 is 0 Å². The summed E-state index contributed by atoms with van der Waals surface area (Å²) in [7, 11) is 0. The SMILES string of the molecule is Cc1ccc(Nc2ccc(-c3ccc(Nc4ccc(F)c(F)c4)cc3)cc2)cc1F. The van der Waals surface area contributed by atoms with Crippen molar-refractivity contribution >= 4 is 22.7 Å². The Labute approximate surface area is 173 Å². The van der Waals surface area contributed by atoms with Gasteiger partial charge in [-0.2, -0.15) is 0 Å². The van der Waals surface area contributed by atoms with E-state index in [-0.39, 0.29) is 5.82 Å². The fourth-order valence-corrected chi connectivity index (χ4v) is 3.07. The molecule has 0 amide bonds. The molecule has 30 heavy (non-hydrogen) atoms. The van der Waals surface area contributed by atoms with Crippen LogP contribution in [0.5, 0.6) is 0 Å². The first kappa shape index (κ1) is 19.6. The summed E-state index contributed by atoms with van der Waals surface area (Å²) in [5.41, 5.74) is 5.44. The smallest absolute Gasteiger partial charge is 0.160 e. The molecule has 0 spiro atoms. The van der Waals surface area contributed by atoms with Crippen molar-refractivity contribution in [1.82, 2.24) is 0 Å². The van der Waals surface area contributed by atoms with Crippen LogP contribution in [0.25, 0.3) is 11.1 Å². The molecule has 0 atom stereocenters. The maximum Gasteiger partial charge on any atom is 0.160 e. The Morgan fingerprint density at radius 2 is 0.900 bits per heavy atom. The van der Waals surface area contributed by atoms with Crippen molar-refractivity contribution in [3.05, 3.63) is 108 Å². The molecule has 0 aliphatic heterocycles. The van der Waals surface area contributed by atoms with Crippen LogP contribution >= 0.6 is 0 Å². The van der Waals surface area contributed by atoms with Gasteiger partial charge in [0.05, 0.1) is 0 Å². The number of nitrogens with one attached hydrogen (secondary N) is 2. The third kappa shape index (κ3) is 4.46. The van der Waals surface area contributed by atoms with E-state index in [9.17, 15) is 13.2 Å². The number of anilines is 4. The largest absolute Gasteiger partial charge is 0.355 e. The first-order valence-corrected chi connectivity index (χ1v) is 9.44. The minimum atomic E-state index is -0.890. The van der Waals surface area contributed by atoms with E-state index in [1.807, 2.05) is 54.6 Å². The van der Waals surface area contributed by atoms with Crippen LogP contribution in [0.1, 0.15) is 5.56 Å². The summed E-state index contributed by atoms with van der Waals surface area (Å²) in [6, 6.07) is 24.2. The van der Waals surface area contributed by atoms with Crippen LogP contribution < -0.4 is 10.6 Å². The van der Waals surface area contributed by atoms with E-state index in [0.29, 0.717) is 16.9 Å². The first-order chi connectivity index (χ1) is 14.5. The molecule has 5 heteroatoms.